The van der Waals surface area contributed by atoms with E-state index in [1.54, 1.807) is 18.2 Å². The normalized spacial score (nSPS) is 19.6. The fourth-order valence-electron chi connectivity index (χ4n) is 5.38. The van der Waals surface area contributed by atoms with Crippen LogP contribution in [0.1, 0.15) is 32.3 Å². The summed E-state index contributed by atoms with van der Waals surface area (Å²) in [6, 6.07) is 8.30. The zero-order chi connectivity index (χ0) is 29.4. The summed E-state index contributed by atoms with van der Waals surface area (Å²) in [5.74, 6) is 0.634. The van der Waals surface area contributed by atoms with Crippen molar-refractivity contribution in [2.24, 2.45) is 11.8 Å². The van der Waals surface area contributed by atoms with Crippen LogP contribution < -0.4 is 30.0 Å². The number of aliphatic carboxylic acids is 1. The van der Waals surface area contributed by atoms with Gasteiger partial charge in [0.1, 0.15) is 6.54 Å². The number of carboxylic acid groups (broad SMARTS) is 1. The van der Waals surface area contributed by atoms with Gasteiger partial charge in [0.2, 0.25) is 5.75 Å². The van der Waals surface area contributed by atoms with Gasteiger partial charge >= 0.3 is 6.03 Å². The molecule has 11 heteroatoms. The van der Waals surface area contributed by atoms with Crippen molar-refractivity contribution in [3.63, 3.8) is 0 Å². The average molecular weight is 597 g/mol. The maximum atomic E-state index is 13.1. The quantitative estimate of drug-likeness (QED) is 0.352. The molecule has 1 aliphatic heterocycles. The topological polar surface area (TPSA) is 109 Å². The van der Waals surface area contributed by atoms with Crippen molar-refractivity contribution in [3.8, 4) is 17.2 Å². The van der Waals surface area contributed by atoms with Crippen molar-refractivity contribution in [1.29, 1.82) is 0 Å². The zero-order valence-corrected chi connectivity index (χ0v) is 25.2. The molecule has 2 aromatic rings. The number of piperidine rings is 1. The number of benzene rings is 2. The molecule has 1 heterocycles. The Balaban J connectivity index is 1.69. The molecular formula is C29H39Cl2N3O6. The summed E-state index contributed by atoms with van der Waals surface area (Å²) in [4.78, 5) is 24.9. The first-order valence-corrected chi connectivity index (χ1v) is 14.1. The monoisotopic (exact) mass is 595 g/mol. The molecule has 1 saturated heterocycles. The number of hydrogen-bond donors (Lipinski definition) is 2. The van der Waals surface area contributed by atoms with Crippen molar-refractivity contribution in [2.45, 2.75) is 39.2 Å². The summed E-state index contributed by atoms with van der Waals surface area (Å²) in [7, 11) is 4.52. The van der Waals surface area contributed by atoms with Crippen LogP contribution in [0.25, 0.3) is 0 Å². The minimum absolute atomic E-state index is 0.0661. The largest absolute Gasteiger partial charge is 0.544 e. The van der Waals surface area contributed by atoms with Crippen molar-refractivity contribution in [3.05, 3.63) is 45.9 Å². The van der Waals surface area contributed by atoms with E-state index < -0.39 is 12.0 Å². The third kappa shape index (κ3) is 8.32. The minimum Gasteiger partial charge on any atom is -0.544 e. The van der Waals surface area contributed by atoms with Crippen LogP contribution in [-0.4, -0.2) is 70.0 Å². The molecule has 0 bridgehead atoms. The van der Waals surface area contributed by atoms with Crippen LogP contribution in [0.4, 0.5) is 10.5 Å². The Morgan fingerprint density at radius 2 is 1.62 bits per heavy atom. The number of nitrogens with zero attached hydrogens (tertiary/aromatic N) is 1. The van der Waals surface area contributed by atoms with Gasteiger partial charge in [-0.3, -0.25) is 0 Å². The lowest BCUT2D eigenvalue weighted by Crippen LogP contribution is -2.63. The van der Waals surface area contributed by atoms with E-state index in [9.17, 15) is 14.7 Å². The van der Waals surface area contributed by atoms with E-state index in [1.165, 1.54) is 21.3 Å². The Kier molecular flexibility index (Phi) is 11.2. The Morgan fingerprint density at radius 3 is 2.12 bits per heavy atom. The second-order valence-electron chi connectivity index (χ2n) is 10.8. The molecule has 0 saturated carbocycles. The number of anilines is 1. The number of carboxylic acids is 1. The Morgan fingerprint density at radius 1 is 1.00 bits per heavy atom. The Hall–Kier alpha value is -2.88. The standard InChI is InChI=1S/C29H39Cl2N3O6/c1-18(2)24(33-29(37)32-21-14-25(38-3)28(40-5)26(15-21)39-4)16-34(17-27(35)36)10-8-19(9-11-34)12-20-6-7-22(30)23(31)13-20/h6-7,13-15,18-19,24H,8-12,16-17H2,1-5H3,(H2-,32,33,35,36,37)/t19?,24-,34?/m0/s1. The van der Waals surface area contributed by atoms with Crippen LogP contribution >= 0.6 is 23.2 Å². The van der Waals surface area contributed by atoms with Crippen LogP contribution in [0.15, 0.2) is 30.3 Å². The van der Waals surface area contributed by atoms with Crippen LogP contribution in [0.3, 0.4) is 0 Å². The highest BCUT2D eigenvalue weighted by Crippen LogP contribution is 2.40. The molecule has 0 radical (unpaired) electrons. The van der Waals surface area contributed by atoms with Gasteiger partial charge in [-0.05, 0) is 48.8 Å². The summed E-state index contributed by atoms with van der Waals surface area (Å²) in [5.41, 5.74) is 1.58. The van der Waals surface area contributed by atoms with Crippen molar-refractivity contribution < 1.29 is 33.4 Å². The molecule has 1 aliphatic rings. The fraction of sp³-hybridized carbons (Fsp3) is 0.517. The first-order chi connectivity index (χ1) is 19.0. The van der Waals surface area contributed by atoms with Gasteiger partial charge in [-0.25, -0.2) is 4.79 Å². The van der Waals surface area contributed by atoms with E-state index in [-0.39, 0.29) is 18.5 Å². The number of urea groups is 1. The van der Waals surface area contributed by atoms with Gasteiger partial charge in [0.25, 0.3) is 0 Å². The van der Waals surface area contributed by atoms with Gasteiger partial charge in [-0.2, -0.15) is 0 Å². The van der Waals surface area contributed by atoms with E-state index >= 15 is 0 Å². The summed E-state index contributed by atoms with van der Waals surface area (Å²) in [5, 5.41) is 18.8. The van der Waals surface area contributed by atoms with Crippen LogP contribution in [0.5, 0.6) is 17.2 Å². The van der Waals surface area contributed by atoms with Gasteiger partial charge in [-0.15, -0.1) is 0 Å². The third-order valence-electron chi connectivity index (χ3n) is 7.62. The second kappa shape index (κ2) is 14.1. The van der Waals surface area contributed by atoms with Gasteiger partial charge in [0, 0.05) is 12.1 Å². The number of amides is 2. The molecule has 1 atom stereocenters. The number of ether oxygens (including phenoxy) is 3. The number of rotatable bonds is 12. The Labute approximate surface area is 246 Å². The summed E-state index contributed by atoms with van der Waals surface area (Å²) < 4.78 is 16.5. The molecule has 220 valence electrons. The lowest BCUT2D eigenvalue weighted by Gasteiger charge is -2.46. The lowest BCUT2D eigenvalue weighted by molar-refractivity contribution is -0.929. The molecule has 2 amide bonds. The highest BCUT2D eigenvalue weighted by Gasteiger charge is 2.37. The van der Waals surface area contributed by atoms with Crippen LogP contribution in [-0.2, 0) is 11.2 Å². The first kappa shape index (κ1) is 31.6. The second-order valence-corrected chi connectivity index (χ2v) is 11.6. The summed E-state index contributed by atoms with van der Waals surface area (Å²) >= 11 is 12.2. The molecule has 3 rings (SSSR count). The number of nitrogens with one attached hydrogen (secondary N) is 2. The number of halogens is 2. The molecule has 0 unspecified atom stereocenters. The van der Waals surface area contributed by atoms with Crippen LogP contribution in [0.2, 0.25) is 10.0 Å². The Bertz CT molecular complexity index is 1160. The molecule has 0 aliphatic carbocycles. The molecule has 1 fully saturated rings. The SMILES string of the molecule is COc1cc(NC(=O)N[C@@H](C[N+]2(CC(=O)[O-])CCC(Cc3ccc(Cl)c(Cl)c3)CC2)C(C)C)cc(OC)c1OC. The van der Waals surface area contributed by atoms with Gasteiger partial charge in [0.15, 0.2) is 11.5 Å². The van der Waals surface area contributed by atoms with Crippen molar-refractivity contribution >= 4 is 40.9 Å². The molecule has 2 aromatic carbocycles. The average Bonchev–Trinajstić information content (AvgIpc) is 2.90. The lowest BCUT2D eigenvalue weighted by atomic mass is 9.88. The minimum atomic E-state index is -1.09. The highest BCUT2D eigenvalue weighted by molar-refractivity contribution is 6.42. The highest BCUT2D eigenvalue weighted by atomic mass is 35.5. The summed E-state index contributed by atoms with van der Waals surface area (Å²) in [6.07, 6.45) is 2.57. The number of quaternary nitrogens is 1. The van der Waals surface area contributed by atoms with E-state index in [1.807, 2.05) is 26.0 Å². The predicted octanol–water partition coefficient (Wildman–Crippen LogP) is 4.38. The fourth-order valence-corrected chi connectivity index (χ4v) is 5.70. The molecule has 0 aromatic heterocycles. The third-order valence-corrected chi connectivity index (χ3v) is 8.36. The number of hydrogen-bond acceptors (Lipinski definition) is 6. The maximum absolute atomic E-state index is 13.1. The first-order valence-electron chi connectivity index (χ1n) is 13.4. The molecular weight excluding hydrogens is 557 g/mol. The number of likely N-dealkylation sites (tertiary alicyclic amines) is 1. The number of methoxy groups -OCH3 is 3. The smallest absolute Gasteiger partial charge is 0.319 e. The van der Waals surface area contributed by atoms with Crippen molar-refractivity contribution in [2.75, 3.05) is 52.8 Å². The van der Waals surface area contributed by atoms with E-state index in [4.69, 9.17) is 37.4 Å². The van der Waals surface area contributed by atoms with Crippen LogP contribution in [0, 0.1) is 11.8 Å². The molecule has 0 spiro atoms. The summed E-state index contributed by atoms with van der Waals surface area (Å²) in [6.45, 7) is 5.76. The zero-order valence-electron chi connectivity index (χ0n) is 23.7. The maximum Gasteiger partial charge on any atom is 0.319 e. The number of carbonyl (C=O) groups excluding carboxylic acids is 2. The molecule has 2 N–H and O–H groups in total. The predicted molar refractivity (Wildman–Crippen MR) is 155 cm³/mol. The van der Waals surface area contributed by atoms with Gasteiger partial charge in [-0.1, -0.05) is 43.1 Å². The molecule has 40 heavy (non-hydrogen) atoms. The van der Waals surface area contributed by atoms with Gasteiger partial charge < -0.3 is 39.2 Å². The van der Waals surface area contributed by atoms with E-state index in [0.717, 1.165) is 24.8 Å². The van der Waals surface area contributed by atoms with Gasteiger partial charge in [0.05, 0.1) is 68.7 Å². The van der Waals surface area contributed by atoms with Crippen molar-refractivity contribution in [1.82, 2.24) is 5.32 Å². The van der Waals surface area contributed by atoms with E-state index in [0.29, 0.717) is 63.0 Å². The number of carbonyl (C=O) groups is 2. The van der Waals surface area contributed by atoms with E-state index in [2.05, 4.69) is 10.6 Å². The molecule has 9 nitrogen and oxygen atoms in total.